The molecule has 0 aliphatic carbocycles. The molecule has 2 aromatic rings. The number of benzene rings is 2. The number of nitriles is 1. The molecule has 0 atom stereocenters. The lowest BCUT2D eigenvalue weighted by Crippen LogP contribution is -2.30. The summed E-state index contributed by atoms with van der Waals surface area (Å²) in [5.41, 5.74) is 2.33. The van der Waals surface area contributed by atoms with E-state index < -0.39 is 0 Å². The summed E-state index contributed by atoms with van der Waals surface area (Å²) in [6.07, 6.45) is 0.689. The van der Waals surface area contributed by atoms with Crippen molar-refractivity contribution in [2.24, 2.45) is 0 Å². The zero-order valence-corrected chi connectivity index (χ0v) is 15.5. The van der Waals surface area contributed by atoms with Crippen LogP contribution in [-0.4, -0.2) is 19.2 Å². The fourth-order valence-electron chi connectivity index (χ4n) is 2.37. The van der Waals surface area contributed by atoms with E-state index in [1.807, 2.05) is 18.2 Å². The van der Waals surface area contributed by atoms with Crippen molar-refractivity contribution in [1.29, 1.82) is 5.26 Å². The standard InChI is InChI=1S/C21H25N3O2/c1-21(2,3)17-9-11-18(12-10-17)26-14-6-13-23-20(25)24-19-8-5-4-7-16(19)15-22/h4-5,7-12H,6,13-14H2,1-3H3,(H2,23,24,25). The van der Waals surface area contributed by atoms with Crippen molar-refractivity contribution in [3.8, 4) is 11.8 Å². The van der Waals surface area contributed by atoms with Gasteiger partial charge in [-0.25, -0.2) is 4.79 Å². The van der Waals surface area contributed by atoms with Crippen molar-refractivity contribution in [1.82, 2.24) is 5.32 Å². The molecule has 0 fully saturated rings. The number of ether oxygens (including phenoxy) is 1. The molecule has 0 aliphatic rings. The zero-order chi connectivity index (χ0) is 19.0. The highest BCUT2D eigenvalue weighted by Crippen LogP contribution is 2.24. The van der Waals surface area contributed by atoms with E-state index in [1.165, 1.54) is 5.56 Å². The molecule has 0 spiro atoms. The van der Waals surface area contributed by atoms with E-state index in [-0.39, 0.29) is 11.4 Å². The maximum atomic E-state index is 11.9. The first-order valence-corrected chi connectivity index (χ1v) is 8.67. The highest BCUT2D eigenvalue weighted by atomic mass is 16.5. The molecule has 0 radical (unpaired) electrons. The van der Waals surface area contributed by atoms with E-state index in [1.54, 1.807) is 24.3 Å². The van der Waals surface area contributed by atoms with Crippen LogP contribution in [0.25, 0.3) is 0 Å². The van der Waals surface area contributed by atoms with Gasteiger partial charge in [0.1, 0.15) is 11.8 Å². The Hall–Kier alpha value is -3.00. The minimum atomic E-state index is -0.331. The lowest BCUT2D eigenvalue weighted by Gasteiger charge is -2.19. The fraction of sp³-hybridized carbons (Fsp3) is 0.333. The third kappa shape index (κ3) is 5.82. The SMILES string of the molecule is CC(C)(C)c1ccc(OCCCNC(=O)Nc2ccccc2C#N)cc1. The monoisotopic (exact) mass is 351 g/mol. The molecule has 0 aliphatic heterocycles. The Morgan fingerprint density at radius 2 is 1.81 bits per heavy atom. The minimum absolute atomic E-state index is 0.125. The molecule has 0 saturated heterocycles. The summed E-state index contributed by atoms with van der Waals surface area (Å²) in [4.78, 5) is 11.9. The number of nitrogens with zero attached hydrogens (tertiary/aromatic N) is 1. The predicted octanol–water partition coefficient (Wildman–Crippen LogP) is 4.45. The van der Waals surface area contributed by atoms with Crippen LogP contribution in [0.5, 0.6) is 5.75 Å². The summed E-state index contributed by atoms with van der Waals surface area (Å²) < 4.78 is 5.70. The third-order valence-electron chi connectivity index (χ3n) is 3.89. The van der Waals surface area contributed by atoms with Gasteiger partial charge < -0.3 is 15.4 Å². The summed E-state index contributed by atoms with van der Waals surface area (Å²) >= 11 is 0. The van der Waals surface area contributed by atoms with Gasteiger partial charge in [0.05, 0.1) is 17.9 Å². The van der Waals surface area contributed by atoms with Gasteiger partial charge in [-0.05, 0) is 41.7 Å². The van der Waals surface area contributed by atoms with Gasteiger partial charge in [-0.15, -0.1) is 0 Å². The summed E-state index contributed by atoms with van der Waals surface area (Å²) in [7, 11) is 0. The predicted molar refractivity (Wildman–Crippen MR) is 103 cm³/mol. The lowest BCUT2D eigenvalue weighted by atomic mass is 9.87. The average molecular weight is 351 g/mol. The minimum Gasteiger partial charge on any atom is -0.494 e. The highest BCUT2D eigenvalue weighted by Gasteiger charge is 2.12. The topological polar surface area (TPSA) is 74.2 Å². The average Bonchev–Trinajstić information content (AvgIpc) is 2.61. The number of nitrogens with one attached hydrogen (secondary N) is 2. The maximum Gasteiger partial charge on any atom is 0.319 e. The van der Waals surface area contributed by atoms with Crippen molar-refractivity contribution in [2.75, 3.05) is 18.5 Å². The molecule has 2 aromatic carbocycles. The van der Waals surface area contributed by atoms with Gasteiger partial charge in [0.25, 0.3) is 0 Å². The van der Waals surface area contributed by atoms with Crippen molar-refractivity contribution in [3.05, 3.63) is 59.7 Å². The molecule has 0 bridgehead atoms. The first-order valence-electron chi connectivity index (χ1n) is 8.67. The van der Waals surface area contributed by atoms with Crippen LogP contribution in [0.3, 0.4) is 0 Å². The third-order valence-corrected chi connectivity index (χ3v) is 3.89. The molecular weight excluding hydrogens is 326 g/mol. The molecule has 2 N–H and O–H groups in total. The first-order chi connectivity index (χ1) is 12.4. The molecule has 2 rings (SSSR count). The van der Waals surface area contributed by atoms with Gasteiger partial charge in [-0.1, -0.05) is 45.0 Å². The van der Waals surface area contributed by atoms with Crippen LogP contribution in [0, 0.1) is 11.3 Å². The second kappa shape index (κ2) is 8.91. The lowest BCUT2D eigenvalue weighted by molar-refractivity contribution is 0.250. The number of carbonyl (C=O) groups is 1. The normalized spacial score (nSPS) is 10.7. The second-order valence-electron chi connectivity index (χ2n) is 7.01. The van der Waals surface area contributed by atoms with Crippen LogP contribution in [-0.2, 0) is 5.41 Å². The Kier molecular flexibility index (Phi) is 6.62. The second-order valence-corrected chi connectivity index (χ2v) is 7.01. The number of hydrogen-bond donors (Lipinski definition) is 2. The van der Waals surface area contributed by atoms with Crippen LogP contribution in [0.2, 0.25) is 0 Å². The van der Waals surface area contributed by atoms with E-state index >= 15 is 0 Å². The van der Waals surface area contributed by atoms with Gasteiger partial charge in [-0.2, -0.15) is 5.26 Å². The number of anilines is 1. The highest BCUT2D eigenvalue weighted by molar-refractivity contribution is 5.90. The van der Waals surface area contributed by atoms with Crippen molar-refractivity contribution in [2.45, 2.75) is 32.6 Å². The smallest absolute Gasteiger partial charge is 0.319 e. The first kappa shape index (κ1) is 19.3. The number of para-hydroxylation sites is 1. The van der Waals surface area contributed by atoms with Gasteiger partial charge in [0.2, 0.25) is 0 Å². The molecule has 26 heavy (non-hydrogen) atoms. The maximum absolute atomic E-state index is 11.9. The number of amides is 2. The van der Waals surface area contributed by atoms with Crippen LogP contribution >= 0.6 is 0 Å². The van der Waals surface area contributed by atoms with Crippen molar-refractivity contribution >= 4 is 11.7 Å². The Morgan fingerprint density at radius 3 is 2.46 bits per heavy atom. The van der Waals surface area contributed by atoms with E-state index in [0.29, 0.717) is 30.8 Å². The Balaban J connectivity index is 1.69. The van der Waals surface area contributed by atoms with Gasteiger partial charge in [-0.3, -0.25) is 0 Å². The number of hydrogen-bond acceptors (Lipinski definition) is 3. The summed E-state index contributed by atoms with van der Waals surface area (Å²) in [5.74, 6) is 0.824. The van der Waals surface area contributed by atoms with E-state index in [0.717, 1.165) is 5.75 Å². The molecule has 2 amide bonds. The molecule has 0 saturated carbocycles. The number of rotatable bonds is 6. The van der Waals surface area contributed by atoms with Gasteiger partial charge >= 0.3 is 6.03 Å². The fourth-order valence-corrected chi connectivity index (χ4v) is 2.37. The largest absolute Gasteiger partial charge is 0.494 e. The molecule has 0 aromatic heterocycles. The van der Waals surface area contributed by atoms with Crippen LogP contribution in [0.15, 0.2) is 48.5 Å². The molecule has 0 unspecified atom stereocenters. The van der Waals surface area contributed by atoms with Gasteiger partial charge in [0, 0.05) is 6.54 Å². The quantitative estimate of drug-likeness (QED) is 0.755. The number of urea groups is 1. The van der Waals surface area contributed by atoms with Crippen molar-refractivity contribution < 1.29 is 9.53 Å². The Labute approximate surface area is 155 Å². The van der Waals surface area contributed by atoms with Crippen LogP contribution in [0.4, 0.5) is 10.5 Å². The Morgan fingerprint density at radius 1 is 1.12 bits per heavy atom. The number of carbonyl (C=O) groups excluding carboxylic acids is 1. The van der Waals surface area contributed by atoms with E-state index in [9.17, 15) is 4.79 Å². The molecule has 0 heterocycles. The molecular formula is C21H25N3O2. The molecule has 5 heteroatoms. The zero-order valence-electron chi connectivity index (χ0n) is 15.5. The van der Waals surface area contributed by atoms with E-state index in [2.05, 4.69) is 43.5 Å². The molecule has 136 valence electrons. The van der Waals surface area contributed by atoms with Gasteiger partial charge in [0.15, 0.2) is 0 Å². The van der Waals surface area contributed by atoms with E-state index in [4.69, 9.17) is 10.00 Å². The summed E-state index contributed by atoms with van der Waals surface area (Å²) in [5, 5.41) is 14.4. The summed E-state index contributed by atoms with van der Waals surface area (Å²) in [6.45, 7) is 7.53. The van der Waals surface area contributed by atoms with Crippen LogP contribution < -0.4 is 15.4 Å². The molecule has 5 nitrogen and oxygen atoms in total. The Bertz CT molecular complexity index is 771. The summed E-state index contributed by atoms with van der Waals surface area (Å²) in [6, 6.07) is 16.7. The van der Waals surface area contributed by atoms with Crippen LogP contribution in [0.1, 0.15) is 38.3 Å². The van der Waals surface area contributed by atoms with Crippen molar-refractivity contribution in [3.63, 3.8) is 0 Å².